The maximum Gasteiger partial charge on any atom is 0.309 e. The number of ether oxygens (including phenoxy) is 1. The first-order valence-electron chi connectivity index (χ1n) is 22.2. The zero-order valence-electron chi connectivity index (χ0n) is 38.4. The average molecular weight is 867 g/mol. The van der Waals surface area contributed by atoms with E-state index in [-0.39, 0.29) is 48.2 Å². The van der Waals surface area contributed by atoms with Crippen molar-refractivity contribution in [3.8, 4) is 0 Å². The molecule has 14 heteroatoms. The van der Waals surface area contributed by atoms with Gasteiger partial charge in [-0.25, -0.2) is 4.98 Å². The zero-order chi connectivity index (χ0) is 45.6. The van der Waals surface area contributed by atoms with Crippen LogP contribution in [0.2, 0.25) is 0 Å². The predicted molar refractivity (Wildman–Crippen MR) is 244 cm³/mol. The first kappa shape index (κ1) is 51.1. The lowest BCUT2D eigenvalue weighted by Crippen LogP contribution is -2.59. The second kappa shape index (κ2) is 23.8. The number of carbonyl (C=O) groups is 5. The van der Waals surface area contributed by atoms with Gasteiger partial charge >= 0.3 is 11.9 Å². The number of nitrogen functional groups attached to an aromatic ring is 1. The normalized spacial score (nSPS) is 18.3. The van der Waals surface area contributed by atoms with Crippen LogP contribution >= 0.6 is 11.3 Å². The number of likely N-dealkylation sites (tertiary alicyclic amines) is 1. The first-order valence-corrected chi connectivity index (χ1v) is 23.1. The molecule has 0 saturated carbocycles. The summed E-state index contributed by atoms with van der Waals surface area (Å²) >= 11 is 1.19. The monoisotopic (exact) mass is 867 g/mol. The van der Waals surface area contributed by atoms with Crippen molar-refractivity contribution in [2.24, 2.45) is 23.2 Å². The van der Waals surface area contributed by atoms with Gasteiger partial charge in [0.15, 0.2) is 6.10 Å². The Hall–Kier alpha value is -4.30. The minimum atomic E-state index is -1.14. The molecule has 1 saturated heterocycles. The second-order valence-electron chi connectivity index (χ2n) is 18.2. The highest BCUT2D eigenvalue weighted by Gasteiger charge is 2.39. The Labute approximate surface area is 368 Å². The van der Waals surface area contributed by atoms with Crippen molar-refractivity contribution in [3.05, 3.63) is 52.0 Å². The highest BCUT2D eigenvalue weighted by atomic mass is 32.1. The number of thiazole rings is 1. The van der Waals surface area contributed by atoms with Gasteiger partial charge in [-0.15, -0.1) is 11.3 Å². The fourth-order valence-electron chi connectivity index (χ4n) is 8.09. The minimum absolute atomic E-state index is 0.0668. The lowest BCUT2D eigenvalue weighted by molar-refractivity contribution is -0.150. The van der Waals surface area contributed by atoms with E-state index in [2.05, 4.69) is 36.0 Å². The number of aromatic nitrogens is 1. The van der Waals surface area contributed by atoms with Gasteiger partial charge in [0.2, 0.25) is 11.8 Å². The number of amides is 3. The quantitative estimate of drug-likeness (QED) is 0.0460. The molecule has 0 spiro atoms. The summed E-state index contributed by atoms with van der Waals surface area (Å²) < 4.78 is 5.94. The van der Waals surface area contributed by atoms with Crippen molar-refractivity contribution in [1.29, 1.82) is 0 Å². The fraction of sp³-hybridized carbons (Fsp3) is 0.660. The molecule has 61 heavy (non-hydrogen) atoms. The van der Waals surface area contributed by atoms with Crippen LogP contribution in [0.1, 0.15) is 153 Å². The fourth-order valence-corrected chi connectivity index (χ4v) is 8.93. The van der Waals surface area contributed by atoms with Crippen LogP contribution < -0.4 is 16.4 Å². The number of aliphatic carboxylic acids is 1. The molecule has 13 nitrogen and oxygen atoms in total. The predicted octanol–water partition coefficient (Wildman–Crippen LogP) is 7.90. The average Bonchev–Trinajstić information content (AvgIpc) is 3.70. The summed E-state index contributed by atoms with van der Waals surface area (Å²) in [6, 6.07) is 3.45. The number of hydrogen-bond acceptors (Lipinski definition) is 10. The SMILES string of the molecule is C=Cc1cc(C[C@@H](CC(C)(C)C(=O)O)NC(=O)c2csc(C(C[C@H](C(C)C)N(CCCCCC)C(=O)[C@@H](NC(=O)[C@H]3C[C@H](C)CCN3C)[C@@H](C)CC)OC(C)=O)n2)ccc1N. The number of likely N-dealkylation sites (N-methyl/N-ethyl adjacent to an activating group) is 1. The van der Waals surface area contributed by atoms with Crippen LogP contribution in [0.3, 0.4) is 0 Å². The topological polar surface area (TPSA) is 184 Å². The van der Waals surface area contributed by atoms with Crippen LogP contribution in [-0.2, 0) is 30.3 Å². The first-order chi connectivity index (χ1) is 28.7. The number of benzene rings is 1. The van der Waals surface area contributed by atoms with Crippen molar-refractivity contribution in [1.82, 2.24) is 25.4 Å². The molecular formula is C47H74N6O7S. The number of anilines is 1. The maximum atomic E-state index is 15.0. The molecule has 340 valence electrons. The third kappa shape index (κ3) is 14.9. The number of piperidine rings is 1. The van der Waals surface area contributed by atoms with Crippen LogP contribution in [-0.4, -0.2) is 93.9 Å². The highest BCUT2D eigenvalue weighted by molar-refractivity contribution is 7.09. The molecule has 7 atom stereocenters. The maximum absolute atomic E-state index is 15.0. The molecule has 1 fully saturated rings. The molecule has 2 heterocycles. The van der Waals surface area contributed by atoms with Crippen molar-refractivity contribution in [2.75, 3.05) is 25.9 Å². The molecular weight excluding hydrogens is 793 g/mol. The van der Waals surface area contributed by atoms with Gasteiger partial charge in [0.05, 0.1) is 11.5 Å². The van der Waals surface area contributed by atoms with Gasteiger partial charge in [-0.05, 0) is 101 Å². The number of hydrogen-bond donors (Lipinski definition) is 4. The number of unbranched alkanes of at least 4 members (excludes halogenated alkanes) is 3. The van der Waals surface area contributed by atoms with Crippen LogP contribution in [0.4, 0.5) is 5.69 Å². The molecule has 3 rings (SSSR count). The Kier molecular flexibility index (Phi) is 19.9. The third-order valence-corrected chi connectivity index (χ3v) is 13.2. The van der Waals surface area contributed by atoms with Crippen molar-refractivity contribution >= 4 is 52.8 Å². The summed E-state index contributed by atoms with van der Waals surface area (Å²) in [5.74, 6) is -2.08. The molecule has 0 bridgehead atoms. The van der Waals surface area contributed by atoms with E-state index in [4.69, 9.17) is 15.5 Å². The number of esters is 1. The number of nitrogens with one attached hydrogen (secondary N) is 2. The third-order valence-electron chi connectivity index (χ3n) is 12.2. The molecule has 1 aromatic carbocycles. The van der Waals surface area contributed by atoms with Gasteiger partial charge in [-0.2, -0.15) is 0 Å². The Morgan fingerprint density at radius 1 is 1.13 bits per heavy atom. The van der Waals surface area contributed by atoms with E-state index in [1.54, 1.807) is 31.4 Å². The van der Waals surface area contributed by atoms with Crippen LogP contribution in [0.15, 0.2) is 30.2 Å². The number of nitrogens with two attached hydrogens (primary N) is 1. The van der Waals surface area contributed by atoms with E-state index in [0.29, 0.717) is 36.0 Å². The van der Waals surface area contributed by atoms with Crippen molar-refractivity contribution in [3.63, 3.8) is 0 Å². The number of carbonyl (C=O) groups excluding carboxylic acids is 4. The van der Waals surface area contributed by atoms with Crippen LogP contribution in [0.25, 0.3) is 6.08 Å². The van der Waals surface area contributed by atoms with Gasteiger partial charge in [-0.3, -0.25) is 28.9 Å². The van der Waals surface area contributed by atoms with Crippen LogP contribution in [0.5, 0.6) is 0 Å². The molecule has 2 aromatic rings. The van der Waals surface area contributed by atoms with Crippen LogP contribution in [0, 0.1) is 23.2 Å². The van der Waals surface area contributed by atoms with E-state index in [1.807, 2.05) is 51.8 Å². The lowest BCUT2D eigenvalue weighted by atomic mass is 9.83. The van der Waals surface area contributed by atoms with Gasteiger partial charge in [0.1, 0.15) is 16.7 Å². The molecule has 3 amide bonds. The van der Waals surface area contributed by atoms with Gasteiger partial charge < -0.3 is 31.1 Å². The van der Waals surface area contributed by atoms with E-state index in [9.17, 15) is 29.1 Å². The molecule has 5 N–H and O–H groups in total. The second-order valence-corrected chi connectivity index (χ2v) is 19.1. The molecule has 0 aliphatic carbocycles. The zero-order valence-corrected chi connectivity index (χ0v) is 39.2. The highest BCUT2D eigenvalue weighted by Crippen LogP contribution is 2.33. The Morgan fingerprint density at radius 2 is 1.84 bits per heavy atom. The molecule has 1 unspecified atom stereocenters. The minimum Gasteiger partial charge on any atom is -0.481 e. The number of nitrogens with zero attached hydrogens (tertiary/aromatic N) is 3. The van der Waals surface area contributed by atoms with E-state index >= 15 is 0 Å². The molecule has 1 aliphatic heterocycles. The van der Waals surface area contributed by atoms with Gasteiger partial charge in [0, 0.05) is 43.0 Å². The van der Waals surface area contributed by atoms with E-state index < -0.39 is 47.5 Å². The largest absolute Gasteiger partial charge is 0.481 e. The number of carboxylic acids is 1. The summed E-state index contributed by atoms with van der Waals surface area (Å²) in [6.45, 7) is 22.1. The molecule has 1 aliphatic rings. The molecule has 0 radical (unpaired) electrons. The lowest BCUT2D eigenvalue weighted by Gasteiger charge is -2.40. The van der Waals surface area contributed by atoms with Gasteiger partial charge in [-0.1, -0.05) is 85.9 Å². The standard InChI is InChI=1S/C47H74N6O7S/c1-12-15-16-17-21-53(45(57)41(31(7)13-2)51-43(56)39-23-30(6)20-22-52(39)11)38(29(4)5)26-40(60-32(8)54)44-50-37(28-61-44)42(55)49-35(27-47(9,10)46(58)59)25-33-18-19-36(48)34(14-3)24-33/h14,18-19,24,28-31,35,38-41H,3,12-13,15-17,20-23,25-27,48H2,1-2,4-11H3,(H,49,55)(H,51,56)(H,58,59)/t30-,31+,35+,38-,39-,40?,41+/m1/s1. The van der Waals surface area contributed by atoms with E-state index in [1.165, 1.54) is 18.3 Å². The summed E-state index contributed by atoms with van der Waals surface area (Å²) in [5, 5.41) is 18.2. The summed E-state index contributed by atoms with van der Waals surface area (Å²) in [4.78, 5) is 76.3. The number of carboxylic acid groups (broad SMARTS) is 1. The summed E-state index contributed by atoms with van der Waals surface area (Å²) in [7, 11) is 1.97. The number of rotatable bonds is 24. The van der Waals surface area contributed by atoms with Crippen molar-refractivity contribution < 1.29 is 33.8 Å². The Morgan fingerprint density at radius 3 is 2.44 bits per heavy atom. The summed E-state index contributed by atoms with van der Waals surface area (Å²) in [5.41, 5.74) is 7.20. The van der Waals surface area contributed by atoms with Gasteiger partial charge in [0.25, 0.3) is 5.91 Å². The Bertz CT molecular complexity index is 1800. The van der Waals surface area contributed by atoms with Crippen molar-refractivity contribution in [2.45, 2.75) is 157 Å². The Balaban J connectivity index is 1.96. The van der Waals surface area contributed by atoms with E-state index in [0.717, 1.165) is 56.2 Å². The summed E-state index contributed by atoms with van der Waals surface area (Å²) in [6.07, 6.45) is 7.70. The molecule has 1 aromatic heterocycles. The smallest absolute Gasteiger partial charge is 0.309 e.